The van der Waals surface area contributed by atoms with Crippen molar-refractivity contribution in [2.24, 2.45) is 5.92 Å². The van der Waals surface area contributed by atoms with Crippen molar-refractivity contribution < 1.29 is 4.74 Å². The van der Waals surface area contributed by atoms with Gasteiger partial charge in [0.2, 0.25) is 11.2 Å². The SMILES string of the molecule is CCOc1nc(Cl)nc(NCCC2CCN(C)CC2)n1. The Balaban J connectivity index is 1.78. The minimum atomic E-state index is 0.158. The summed E-state index contributed by atoms with van der Waals surface area (Å²) in [7, 11) is 2.18. The van der Waals surface area contributed by atoms with E-state index in [0.717, 1.165) is 18.9 Å². The van der Waals surface area contributed by atoms with E-state index in [-0.39, 0.29) is 11.3 Å². The monoisotopic (exact) mass is 299 g/mol. The highest BCUT2D eigenvalue weighted by Gasteiger charge is 2.16. The van der Waals surface area contributed by atoms with E-state index in [1.807, 2.05) is 6.92 Å². The van der Waals surface area contributed by atoms with E-state index in [4.69, 9.17) is 16.3 Å². The Morgan fingerprint density at radius 3 is 2.75 bits per heavy atom. The Hall–Kier alpha value is -1.14. The first-order valence-corrected chi connectivity index (χ1v) is 7.52. The van der Waals surface area contributed by atoms with Crippen molar-refractivity contribution >= 4 is 17.5 Å². The third kappa shape index (κ3) is 4.76. The van der Waals surface area contributed by atoms with Gasteiger partial charge in [-0.05, 0) is 63.8 Å². The van der Waals surface area contributed by atoms with Gasteiger partial charge in [-0.25, -0.2) is 0 Å². The fourth-order valence-corrected chi connectivity index (χ4v) is 2.50. The zero-order chi connectivity index (χ0) is 14.4. The van der Waals surface area contributed by atoms with Crippen molar-refractivity contribution in [3.05, 3.63) is 5.28 Å². The molecule has 0 spiro atoms. The van der Waals surface area contributed by atoms with Crippen LogP contribution in [0.3, 0.4) is 0 Å². The van der Waals surface area contributed by atoms with Crippen LogP contribution in [0.15, 0.2) is 0 Å². The molecule has 0 atom stereocenters. The van der Waals surface area contributed by atoms with E-state index in [1.165, 1.54) is 25.9 Å². The van der Waals surface area contributed by atoms with Crippen LogP contribution in [0.4, 0.5) is 5.95 Å². The maximum absolute atomic E-state index is 5.84. The molecule has 0 radical (unpaired) electrons. The summed E-state index contributed by atoms with van der Waals surface area (Å²) in [4.78, 5) is 14.5. The quantitative estimate of drug-likeness (QED) is 0.867. The summed E-state index contributed by atoms with van der Waals surface area (Å²) in [6.45, 7) is 5.62. The molecule has 0 aliphatic carbocycles. The summed E-state index contributed by atoms with van der Waals surface area (Å²) >= 11 is 5.84. The summed E-state index contributed by atoms with van der Waals surface area (Å²) in [5.41, 5.74) is 0. The van der Waals surface area contributed by atoms with Crippen LogP contribution in [-0.2, 0) is 0 Å². The van der Waals surface area contributed by atoms with E-state index >= 15 is 0 Å². The summed E-state index contributed by atoms with van der Waals surface area (Å²) in [6, 6.07) is 0.272. The molecule has 20 heavy (non-hydrogen) atoms. The molecule has 2 heterocycles. The maximum Gasteiger partial charge on any atom is 0.322 e. The summed E-state index contributed by atoms with van der Waals surface area (Å²) in [6.07, 6.45) is 3.65. The Labute approximate surface area is 124 Å². The predicted molar refractivity (Wildman–Crippen MR) is 79.3 cm³/mol. The Bertz CT molecular complexity index is 423. The number of hydrogen-bond donors (Lipinski definition) is 1. The van der Waals surface area contributed by atoms with Crippen LogP contribution < -0.4 is 10.1 Å². The van der Waals surface area contributed by atoms with Gasteiger partial charge < -0.3 is 15.0 Å². The van der Waals surface area contributed by atoms with E-state index < -0.39 is 0 Å². The Kier molecular flexibility index (Phi) is 5.79. The first-order valence-electron chi connectivity index (χ1n) is 7.14. The van der Waals surface area contributed by atoms with Crippen LogP contribution in [0, 0.1) is 5.92 Å². The molecule has 6 nitrogen and oxygen atoms in total. The van der Waals surface area contributed by atoms with Crippen LogP contribution in [0.25, 0.3) is 0 Å². The second kappa shape index (κ2) is 7.59. The number of nitrogens with one attached hydrogen (secondary N) is 1. The number of ether oxygens (including phenoxy) is 1. The molecule has 0 bridgehead atoms. The van der Waals surface area contributed by atoms with Gasteiger partial charge in [0.05, 0.1) is 6.61 Å². The first-order chi connectivity index (χ1) is 9.67. The molecule has 1 aliphatic heterocycles. The van der Waals surface area contributed by atoms with Crippen molar-refractivity contribution in [1.29, 1.82) is 0 Å². The molecule has 1 aromatic rings. The minimum Gasteiger partial charge on any atom is -0.464 e. The number of nitrogens with zero attached hydrogens (tertiary/aromatic N) is 4. The number of hydrogen-bond acceptors (Lipinski definition) is 6. The van der Waals surface area contributed by atoms with Gasteiger partial charge in [0.15, 0.2) is 0 Å². The molecule has 1 saturated heterocycles. The maximum atomic E-state index is 5.84. The molecule has 0 amide bonds. The number of likely N-dealkylation sites (tertiary alicyclic amines) is 1. The van der Waals surface area contributed by atoms with E-state index in [1.54, 1.807) is 0 Å². The molecule has 0 saturated carbocycles. The van der Waals surface area contributed by atoms with Crippen LogP contribution in [0.5, 0.6) is 6.01 Å². The second-order valence-corrected chi connectivity index (χ2v) is 5.44. The van der Waals surface area contributed by atoms with Gasteiger partial charge in [0.1, 0.15) is 0 Å². The van der Waals surface area contributed by atoms with Crippen LogP contribution >= 0.6 is 11.6 Å². The zero-order valence-electron chi connectivity index (χ0n) is 12.1. The van der Waals surface area contributed by atoms with Gasteiger partial charge in [-0.2, -0.15) is 15.0 Å². The molecule has 1 aliphatic rings. The topological polar surface area (TPSA) is 63.2 Å². The summed E-state index contributed by atoms with van der Waals surface area (Å²) in [5.74, 6) is 1.27. The molecule has 0 aromatic carbocycles. The smallest absolute Gasteiger partial charge is 0.322 e. The minimum absolute atomic E-state index is 0.158. The van der Waals surface area contributed by atoms with Gasteiger partial charge in [0.25, 0.3) is 0 Å². The lowest BCUT2D eigenvalue weighted by molar-refractivity contribution is 0.215. The number of halogens is 1. The van der Waals surface area contributed by atoms with E-state index in [2.05, 4.69) is 32.2 Å². The molecular weight excluding hydrogens is 278 g/mol. The normalized spacial score (nSPS) is 17.1. The average molecular weight is 300 g/mol. The molecule has 2 rings (SSSR count). The lowest BCUT2D eigenvalue weighted by atomic mass is 9.94. The largest absolute Gasteiger partial charge is 0.464 e. The summed E-state index contributed by atoms with van der Waals surface area (Å²) in [5, 5.41) is 3.36. The molecular formula is C13H22ClN5O. The second-order valence-electron chi connectivity index (χ2n) is 5.11. The molecule has 1 N–H and O–H groups in total. The fourth-order valence-electron chi connectivity index (χ4n) is 2.34. The van der Waals surface area contributed by atoms with Crippen LogP contribution in [0.1, 0.15) is 26.2 Å². The lowest BCUT2D eigenvalue weighted by Crippen LogP contribution is -2.30. The van der Waals surface area contributed by atoms with Crippen molar-refractivity contribution in [2.45, 2.75) is 26.2 Å². The van der Waals surface area contributed by atoms with Gasteiger partial charge in [-0.3, -0.25) is 0 Å². The molecule has 1 aromatic heterocycles. The number of aromatic nitrogens is 3. The van der Waals surface area contributed by atoms with Gasteiger partial charge in [-0.15, -0.1) is 0 Å². The van der Waals surface area contributed by atoms with Crippen LogP contribution in [0.2, 0.25) is 5.28 Å². The summed E-state index contributed by atoms with van der Waals surface area (Å²) < 4.78 is 5.24. The van der Waals surface area contributed by atoms with Gasteiger partial charge in [-0.1, -0.05) is 0 Å². The Morgan fingerprint density at radius 2 is 2.05 bits per heavy atom. The third-order valence-corrected chi connectivity index (χ3v) is 3.70. The highest BCUT2D eigenvalue weighted by Crippen LogP contribution is 2.19. The fraction of sp³-hybridized carbons (Fsp3) is 0.769. The van der Waals surface area contributed by atoms with Crippen molar-refractivity contribution in [3.8, 4) is 6.01 Å². The standard InChI is InChI=1S/C13H22ClN5O/c1-3-20-13-17-11(14)16-12(18-13)15-7-4-10-5-8-19(2)9-6-10/h10H,3-9H2,1-2H3,(H,15,16,17,18). The highest BCUT2D eigenvalue weighted by molar-refractivity contribution is 6.28. The van der Waals surface area contributed by atoms with Gasteiger partial charge in [0, 0.05) is 6.54 Å². The van der Waals surface area contributed by atoms with Crippen molar-refractivity contribution in [1.82, 2.24) is 19.9 Å². The van der Waals surface area contributed by atoms with Crippen molar-refractivity contribution in [2.75, 3.05) is 38.6 Å². The zero-order valence-corrected chi connectivity index (χ0v) is 12.9. The molecule has 112 valence electrons. The number of anilines is 1. The van der Waals surface area contributed by atoms with Crippen LogP contribution in [-0.4, -0.2) is 53.1 Å². The first kappa shape index (κ1) is 15.3. The Morgan fingerprint density at radius 1 is 1.30 bits per heavy atom. The molecule has 1 fully saturated rings. The van der Waals surface area contributed by atoms with E-state index in [9.17, 15) is 0 Å². The van der Waals surface area contributed by atoms with Gasteiger partial charge >= 0.3 is 6.01 Å². The number of piperidine rings is 1. The van der Waals surface area contributed by atoms with Crippen molar-refractivity contribution in [3.63, 3.8) is 0 Å². The lowest BCUT2D eigenvalue weighted by Gasteiger charge is -2.28. The molecule has 0 unspecified atom stereocenters. The average Bonchev–Trinajstić information content (AvgIpc) is 2.41. The molecule has 7 heteroatoms. The third-order valence-electron chi connectivity index (χ3n) is 3.53. The number of rotatable bonds is 6. The predicted octanol–water partition coefficient (Wildman–Crippen LogP) is 2.07. The highest BCUT2D eigenvalue weighted by atomic mass is 35.5. The van der Waals surface area contributed by atoms with E-state index in [0.29, 0.717) is 12.6 Å².